The molecule has 4 atom stereocenters. The van der Waals surface area contributed by atoms with E-state index in [1.807, 2.05) is 0 Å². The SMILES string of the molecule is O=C(O)C(O)C(O)C(O)C(O)CO.O=C(O)c1ccc(CO)o1. The van der Waals surface area contributed by atoms with Crippen LogP contribution in [0, 0.1) is 0 Å². The molecule has 0 aliphatic rings. The number of carboxylic acid groups (broad SMARTS) is 2. The van der Waals surface area contributed by atoms with Gasteiger partial charge in [-0.2, -0.15) is 0 Å². The Morgan fingerprint density at radius 2 is 1.57 bits per heavy atom. The molecular weight excluding hydrogens is 320 g/mol. The van der Waals surface area contributed by atoms with Crippen LogP contribution in [-0.4, -0.2) is 83.8 Å². The predicted octanol–water partition coefficient (Wildman–Crippen LogP) is -3.02. The molecule has 0 fully saturated rings. The highest BCUT2D eigenvalue weighted by Crippen LogP contribution is 2.06. The maximum Gasteiger partial charge on any atom is 0.371 e. The summed E-state index contributed by atoms with van der Waals surface area (Å²) in [5, 5.41) is 68.6. The largest absolute Gasteiger partial charge is 0.479 e. The molecule has 0 spiro atoms. The average Bonchev–Trinajstić information content (AvgIpc) is 3.01. The van der Waals surface area contributed by atoms with E-state index in [2.05, 4.69) is 4.42 Å². The van der Waals surface area contributed by atoms with Crippen LogP contribution >= 0.6 is 0 Å². The van der Waals surface area contributed by atoms with E-state index < -0.39 is 43.0 Å². The summed E-state index contributed by atoms with van der Waals surface area (Å²) >= 11 is 0. The zero-order valence-corrected chi connectivity index (χ0v) is 11.7. The van der Waals surface area contributed by atoms with Crippen molar-refractivity contribution in [2.45, 2.75) is 31.0 Å². The Bertz CT molecular complexity index is 497. The molecule has 1 aromatic heterocycles. The molecule has 11 heteroatoms. The van der Waals surface area contributed by atoms with Crippen LogP contribution in [-0.2, 0) is 11.4 Å². The van der Waals surface area contributed by atoms with E-state index in [1.165, 1.54) is 12.1 Å². The van der Waals surface area contributed by atoms with Crippen LogP contribution < -0.4 is 0 Å². The third kappa shape index (κ3) is 6.73. The monoisotopic (exact) mass is 338 g/mol. The summed E-state index contributed by atoms with van der Waals surface area (Å²) in [5.41, 5.74) is 0. The Kier molecular flexibility index (Phi) is 9.02. The second kappa shape index (κ2) is 9.89. The van der Waals surface area contributed by atoms with Gasteiger partial charge in [-0.25, -0.2) is 9.59 Å². The van der Waals surface area contributed by atoms with Gasteiger partial charge in [0, 0.05) is 0 Å². The fourth-order valence-electron chi connectivity index (χ4n) is 1.25. The summed E-state index contributed by atoms with van der Waals surface area (Å²) in [5.74, 6) is -2.74. The van der Waals surface area contributed by atoms with Crippen molar-refractivity contribution < 1.29 is 54.9 Å². The summed E-state index contributed by atoms with van der Waals surface area (Å²) in [4.78, 5) is 20.2. The molecule has 0 bridgehead atoms. The topological polar surface area (TPSA) is 209 Å². The molecule has 0 aliphatic heterocycles. The molecule has 1 aromatic rings. The molecule has 0 amide bonds. The van der Waals surface area contributed by atoms with E-state index in [0.717, 1.165) is 0 Å². The molecule has 0 aliphatic carbocycles. The number of aliphatic hydroxyl groups is 6. The number of hydrogen-bond donors (Lipinski definition) is 8. The van der Waals surface area contributed by atoms with E-state index in [-0.39, 0.29) is 18.1 Å². The maximum absolute atomic E-state index is 10.2. The average molecular weight is 338 g/mol. The van der Waals surface area contributed by atoms with Crippen LogP contribution in [0.5, 0.6) is 0 Å². The first kappa shape index (κ1) is 21.0. The lowest BCUT2D eigenvalue weighted by Gasteiger charge is -2.23. The van der Waals surface area contributed by atoms with Gasteiger partial charge in [0.15, 0.2) is 6.10 Å². The van der Waals surface area contributed by atoms with Crippen molar-refractivity contribution in [3.63, 3.8) is 0 Å². The van der Waals surface area contributed by atoms with Crippen molar-refractivity contribution in [1.29, 1.82) is 0 Å². The minimum absolute atomic E-state index is 0.149. The molecule has 23 heavy (non-hydrogen) atoms. The maximum atomic E-state index is 10.2. The van der Waals surface area contributed by atoms with Gasteiger partial charge < -0.3 is 45.3 Å². The van der Waals surface area contributed by atoms with Gasteiger partial charge >= 0.3 is 11.9 Å². The van der Waals surface area contributed by atoms with Crippen molar-refractivity contribution in [2.75, 3.05) is 6.61 Å². The Hall–Kier alpha value is -2.02. The number of aliphatic hydroxyl groups excluding tert-OH is 6. The van der Waals surface area contributed by atoms with Gasteiger partial charge in [-0.1, -0.05) is 0 Å². The first-order valence-electron chi connectivity index (χ1n) is 6.14. The second-order valence-electron chi connectivity index (χ2n) is 4.24. The van der Waals surface area contributed by atoms with Gasteiger partial charge in [-0.15, -0.1) is 0 Å². The highest BCUT2D eigenvalue weighted by Gasteiger charge is 2.33. The molecule has 1 rings (SSSR count). The summed E-state index contributed by atoms with van der Waals surface area (Å²) in [6.45, 7) is -1.11. The molecule has 0 radical (unpaired) electrons. The molecule has 4 unspecified atom stereocenters. The quantitative estimate of drug-likeness (QED) is 0.251. The van der Waals surface area contributed by atoms with Gasteiger partial charge in [0.05, 0.1) is 6.61 Å². The number of carbonyl (C=O) groups is 2. The van der Waals surface area contributed by atoms with Crippen LogP contribution in [0.25, 0.3) is 0 Å². The highest BCUT2D eigenvalue weighted by atomic mass is 16.4. The number of aliphatic carboxylic acids is 1. The van der Waals surface area contributed by atoms with Crippen LogP contribution in [0.3, 0.4) is 0 Å². The van der Waals surface area contributed by atoms with Gasteiger partial charge in [0.2, 0.25) is 5.76 Å². The number of carboxylic acids is 2. The fourth-order valence-corrected chi connectivity index (χ4v) is 1.25. The fraction of sp³-hybridized carbons (Fsp3) is 0.500. The number of aromatic carboxylic acids is 1. The van der Waals surface area contributed by atoms with E-state index in [0.29, 0.717) is 0 Å². The first-order valence-corrected chi connectivity index (χ1v) is 6.14. The molecule has 0 saturated heterocycles. The van der Waals surface area contributed by atoms with Crippen LogP contribution in [0.15, 0.2) is 16.5 Å². The van der Waals surface area contributed by atoms with Gasteiger partial charge in [0.25, 0.3) is 0 Å². The number of hydrogen-bond acceptors (Lipinski definition) is 9. The van der Waals surface area contributed by atoms with Crippen LogP contribution in [0.2, 0.25) is 0 Å². The normalized spacial score (nSPS) is 15.7. The van der Waals surface area contributed by atoms with Crippen LogP contribution in [0.4, 0.5) is 0 Å². The lowest BCUT2D eigenvalue weighted by atomic mass is 10.0. The molecule has 0 saturated carbocycles. The molecule has 0 aromatic carbocycles. The van der Waals surface area contributed by atoms with Crippen molar-refractivity contribution in [3.05, 3.63) is 23.7 Å². The summed E-state index contributed by atoms with van der Waals surface area (Å²) in [7, 11) is 0. The Morgan fingerprint density at radius 1 is 1.00 bits per heavy atom. The van der Waals surface area contributed by atoms with Gasteiger partial charge in [-0.3, -0.25) is 0 Å². The summed E-state index contributed by atoms with van der Waals surface area (Å²) < 4.78 is 4.64. The molecule has 11 nitrogen and oxygen atoms in total. The standard InChI is InChI=1S/C6H12O7.C6H6O4/c7-1-2(8)3(9)4(10)5(11)6(12)13;7-3-4-1-2-5(10-4)6(8)9/h2-5,7-11H,1H2,(H,12,13);1-2,7H,3H2,(H,8,9). The Labute approximate surface area is 129 Å². The third-order valence-electron chi connectivity index (χ3n) is 2.54. The third-order valence-corrected chi connectivity index (χ3v) is 2.54. The van der Waals surface area contributed by atoms with Crippen molar-refractivity contribution in [2.24, 2.45) is 0 Å². The lowest BCUT2D eigenvalue weighted by Crippen LogP contribution is -2.48. The Balaban J connectivity index is 0.000000433. The summed E-state index contributed by atoms with van der Waals surface area (Å²) in [6, 6.07) is 2.72. The number of furan rings is 1. The van der Waals surface area contributed by atoms with Crippen molar-refractivity contribution >= 4 is 11.9 Å². The molecular formula is C12H18O11. The number of rotatable bonds is 7. The van der Waals surface area contributed by atoms with Crippen molar-refractivity contribution in [3.8, 4) is 0 Å². The molecule has 8 N–H and O–H groups in total. The second-order valence-corrected chi connectivity index (χ2v) is 4.24. The predicted molar refractivity (Wildman–Crippen MR) is 70.3 cm³/mol. The molecule has 132 valence electrons. The smallest absolute Gasteiger partial charge is 0.371 e. The highest BCUT2D eigenvalue weighted by molar-refractivity contribution is 5.84. The van der Waals surface area contributed by atoms with E-state index in [1.54, 1.807) is 0 Å². The van der Waals surface area contributed by atoms with E-state index >= 15 is 0 Å². The molecule has 1 heterocycles. The summed E-state index contributed by atoms with van der Waals surface area (Å²) in [6.07, 6.45) is -7.84. The first-order chi connectivity index (χ1) is 10.6. The van der Waals surface area contributed by atoms with Gasteiger partial charge in [0.1, 0.15) is 30.7 Å². The van der Waals surface area contributed by atoms with Crippen molar-refractivity contribution in [1.82, 2.24) is 0 Å². The lowest BCUT2D eigenvalue weighted by molar-refractivity contribution is -0.164. The Morgan fingerprint density at radius 3 is 1.87 bits per heavy atom. The minimum atomic E-state index is -2.20. The van der Waals surface area contributed by atoms with Gasteiger partial charge in [-0.05, 0) is 12.1 Å². The van der Waals surface area contributed by atoms with Crippen LogP contribution in [0.1, 0.15) is 16.3 Å². The zero-order chi connectivity index (χ0) is 18.2. The van der Waals surface area contributed by atoms with E-state index in [9.17, 15) is 9.59 Å². The zero-order valence-electron chi connectivity index (χ0n) is 11.7. The minimum Gasteiger partial charge on any atom is -0.479 e. The van der Waals surface area contributed by atoms with E-state index in [4.69, 9.17) is 40.9 Å².